The van der Waals surface area contributed by atoms with E-state index in [0.717, 1.165) is 25.1 Å². The van der Waals surface area contributed by atoms with E-state index in [4.69, 9.17) is 4.74 Å². The van der Waals surface area contributed by atoms with Crippen molar-refractivity contribution in [2.24, 2.45) is 0 Å². The van der Waals surface area contributed by atoms with E-state index in [1.54, 1.807) is 0 Å². The van der Waals surface area contributed by atoms with Crippen molar-refractivity contribution in [1.29, 1.82) is 0 Å². The zero-order valence-electron chi connectivity index (χ0n) is 9.84. The van der Waals surface area contributed by atoms with Crippen molar-refractivity contribution in [1.82, 2.24) is 5.32 Å². The summed E-state index contributed by atoms with van der Waals surface area (Å²) in [5.41, 5.74) is -0.660. The van der Waals surface area contributed by atoms with Crippen LogP contribution in [0, 0.1) is 0 Å². The van der Waals surface area contributed by atoms with E-state index in [2.05, 4.69) is 5.32 Å². The van der Waals surface area contributed by atoms with Gasteiger partial charge in [-0.2, -0.15) is 13.2 Å². The molecule has 0 aliphatic heterocycles. The number of ether oxygens (including phenoxy) is 1. The van der Waals surface area contributed by atoms with Crippen molar-refractivity contribution >= 4 is 0 Å². The van der Waals surface area contributed by atoms with Gasteiger partial charge in [0.05, 0.1) is 11.7 Å². The molecule has 2 nitrogen and oxygen atoms in total. The minimum absolute atomic E-state index is 0.0285. The molecular weight excluding hydrogens is 231 g/mol. The van der Waals surface area contributed by atoms with Gasteiger partial charge in [-0.15, -0.1) is 0 Å². The fourth-order valence-electron chi connectivity index (χ4n) is 1.36. The SMILES string of the molecule is CNCCC(C)Oc1ccc(C(F)(F)F)cc1. The normalized spacial score (nSPS) is 13.5. The summed E-state index contributed by atoms with van der Waals surface area (Å²) in [6.45, 7) is 2.69. The highest BCUT2D eigenvalue weighted by molar-refractivity contribution is 5.28. The van der Waals surface area contributed by atoms with Crippen molar-refractivity contribution in [3.8, 4) is 5.75 Å². The first kappa shape index (κ1) is 13.8. The number of rotatable bonds is 5. The van der Waals surface area contributed by atoms with Gasteiger partial charge >= 0.3 is 6.18 Å². The Labute approximate surface area is 98.8 Å². The monoisotopic (exact) mass is 247 g/mol. The van der Waals surface area contributed by atoms with Gasteiger partial charge in [0.2, 0.25) is 0 Å². The third-order valence-electron chi connectivity index (χ3n) is 2.32. The minimum Gasteiger partial charge on any atom is -0.491 e. The van der Waals surface area contributed by atoms with Crippen LogP contribution in [0.25, 0.3) is 0 Å². The largest absolute Gasteiger partial charge is 0.491 e. The predicted molar refractivity (Wildman–Crippen MR) is 60.1 cm³/mol. The fourth-order valence-corrected chi connectivity index (χ4v) is 1.36. The smallest absolute Gasteiger partial charge is 0.416 e. The molecule has 0 saturated carbocycles. The summed E-state index contributed by atoms with van der Waals surface area (Å²) in [6, 6.07) is 4.75. The number of nitrogens with one attached hydrogen (secondary N) is 1. The number of benzene rings is 1. The quantitative estimate of drug-likeness (QED) is 0.863. The molecule has 1 rings (SSSR count). The first-order chi connectivity index (χ1) is 7.93. The van der Waals surface area contributed by atoms with Crippen LogP contribution in [0.1, 0.15) is 18.9 Å². The lowest BCUT2D eigenvalue weighted by Crippen LogP contribution is -2.19. The van der Waals surface area contributed by atoms with Gasteiger partial charge in [-0.05, 0) is 51.2 Å². The van der Waals surface area contributed by atoms with Crippen LogP contribution in [-0.2, 0) is 6.18 Å². The van der Waals surface area contributed by atoms with Crippen LogP contribution in [0.3, 0.4) is 0 Å². The average Bonchev–Trinajstić information content (AvgIpc) is 2.26. The molecule has 0 fully saturated rings. The summed E-state index contributed by atoms with van der Waals surface area (Å²) in [5.74, 6) is 0.460. The van der Waals surface area contributed by atoms with Crippen LogP contribution in [0.4, 0.5) is 13.2 Å². The van der Waals surface area contributed by atoms with Gasteiger partial charge in [0.1, 0.15) is 5.75 Å². The van der Waals surface area contributed by atoms with Gasteiger partial charge in [0.25, 0.3) is 0 Å². The van der Waals surface area contributed by atoms with Crippen molar-refractivity contribution in [2.75, 3.05) is 13.6 Å². The Hall–Kier alpha value is -1.23. The van der Waals surface area contributed by atoms with Crippen LogP contribution in [0.15, 0.2) is 24.3 Å². The van der Waals surface area contributed by atoms with Crippen molar-refractivity contribution < 1.29 is 17.9 Å². The lowest BCUT2D eigenvalue weighted by molar-refractivity contribution is -0.137. The van der Waals surface area contributed by atoms with Crippen molar-refractivity contribution in [3.05, 3.63) is 29.8 Å². The van der Waals surface area contributed by atoms with Gasteiger partial charge < -0.3 is 10.1 Å². The molecule has 0 heterocycles. The molecule has 0 amide bonds. The number of halogens is 3. The minimum atomic E-state index is -4.30. The van der Waals surface area contributed by atoms with Gasteiger partial charge in [-0.3, -0.25) is 0 Å². The Bertz CT molecular complexity index is 335. The van der Waals surface area contributed by atoms with Gasteiger partial charge in [-0.25, -0.2) is 0 Å². The predicted octanol–water partition coefficient (Wildman–Crippen LogP) is 3.08. The molecule has 0 aromatic heterocycles. The first-order valence-electron chi connectivity index (χ1n) is 5.42. The molecule has 96 valence electrons. The zero-order chi connectivity index (χ0) is 12.9. The summed E-state index contributed by atoms with van der Waals surface area (Å²) in [5, 5.41) is 2.98. The van der Waals surface area contributed by atoms with E-state index < -0.39 is 11.7 Å². The van der Waals surface area contributed by atoms with Gasteiger partial charge in [0, 0.05) is 0 Å². The second-order valence-electron chi connectivity index (χ2n) is 3.84. The summed E-state index contributed by atoms with van der Waals surface area (Å²) in [6.07, 6.45) is -3.52. The highest BCUT2D eigenvalue weighted by Gasteiger charge is 2.30. The molecule has 17 heavy (non-hydrogen) atoms. The molecule has 5 heteroatoms. The maximum atomic E-state index is 12.3. The van der Waals surface area contributed by atoms with E-state index in [-0.39, 0.29) is 6.10 Å². The Kier molecular flexibility index (Phi) is 4.81. The third kappa shape index (κ3) is 4.65. The van der Waals surface area contributed by atoms with Gasteiger partial charge in [0.15, 0.2) is 0 Å². The third-order valence-corrected chi connectivity index (χ3v) is 2.32. The molecule has 1 unspecified atom stereocenters. The molecule has 1 aromatic rings. The average molecular weight is 247 g/mol. The lowest BCUT2D eigenvalue weighted by Gasteiger charge is -2.15. The molecule has 0 saturated heterocycles. The highest BCUT2D eigenvalue weighted by atomic mass is 19.4. The van der Waals surface area contributed by atoms with Crippen LogP contribution < -0.4 is 10.1 Å². The summed E-state index contributed by atoms with van der Waals surface area (Å²) in [7, 11) is 1.84. The van der Waals surface area contributed by atoms with Crippen molar-refractivity contribution in [2.45, 2.75) is 25.6 Å². The first-order valence-corrected chi connectivity index (χ1v) is 5.42. The molecule has 0 spiro atoms. The topological polar surface area (TPSA) is 21.3 Å². The number of hydrogen-bond donors (Lipinski definition) is 1. The van der Waals surface area contributed by atoms with Crippen LogP contribution in [0.2, 0.25) is 0 Å². The molecule has 1 aromatic carbocycles. The van der Waals surface area contributed by atoms with Crippen LogP contribution in [-0.4, -0.2) is 19.7 Å². The van der Waals surface area contributed by atoms with Crippen LogP contribution >= 0.6 is 0 Å². The second-order valence-corrected chi connectivity index (χ2v) is 3.84. The van der Waals surface area contributed by atoms with E-state index in [9.17, 15) is 13.2 Å². The maximum Gasteiger partial charge on any atom is 0.416 e. The molecular formula is C12H16F3NO. The van der Waals surface area contributed by atoms with E-state index in [1.165, 1.54) is 12.1 Å². The molecule has 1 atom stereocenters. The Balaban J connectivity index is 2.56. The van der Waals surface area contributed by atoms with Gasteiger partial charge in [-0.1, -0.05) is 0 Å². The molecule has 0 bridgehead atoms. The maximum absolute atomic E-state index is 12.3. The summed E-state index contributed by atoms with van der Waals surface area (Å²) >= 11 is 0. The van der Waals surface area contributed by atoms with Crippen molar-refractivity contribution in [3.63, 3.8) is 0 Å². The second kappa shape index (κ2) is 5.91. The Morgan fingerprint density at radius 1 is 1.24 bits per heavy atom. The highest BCUT2D eigenvalue weighted by Crippen LogP contribution is 2.30. The Morgan fingerprint density at radius 2 is 1.82 bits per heavy atom. The molecule has 0 radical (unpaired) electrons. The lowest BCUT2D eigenvalue weighted by atomic mass is 10.2. The molecule has 1 N–H and O–H groups in total. The fraction of sp³-hybridized carbons (Fsp3) is 0.500. The number of alkyl halides is 3. The van der Waals surface area contributed by atoms with E-state index >= 15 is 0 Å². The molecule has 0 aliphatic rings. The zero-order valence-corrected chi connectivity index (χ0v) is 9.84. The Morgan fingerprint density at radius 3 is 2.29 bits per heavy atom. The summed E-state index contributed by atoms with van der Waals surface area (Å²) < 4.78 is 42.4. The molecule has 0 aliphatic carbocycles. The van der Waals surface area contributed by atoms with Crippen LogP contribution in [0.5, 0.6) is 5.75 Å². The number of hydrogen-bond acceptors (Lipinski definition) is 2. The van der Waals surface area contributed by atoms with E-state index in [1.807, 2.05) is 14.0 Å². The summed E-state index contributed by atoms with van der Waals surface area (Å²) in [4.78, 5) is 0. The standard InChI is InChI=1S/C12H16F3NO/c1-9(7-8-16-2)17-11-5-3-10(4-6-11)12(13,14)15/h3-6,9,16H,7-8H2,1-2H3. The van der Waals surface area contributed by atoms with E-state index in [0.29, 0.717) is 5.75 Å².